The Bertz CT molecular complexity index is 2680. The third-order valence-electron chi connectivity index (χ3n) is 11.1. The van der Waals surface area contributed by atoms with Gasteiger partial charge in [-0.15, -0.1) is 0 Å². The molecule has 2 unspecified atom stereocenters. The molecule has 6 aromatic carbocycles. The highest BCUT2D eigenvalue weighted by Gasteiger charge is 2.37. The zero-order chi connectivity index (χ0) is 43.3. The predicted molar refractivity (Wildman–Crippen MR) is 235 cm³/mol. The second-order valence-corrected chi connectivity index (χ2v) is 16.0. The molecule has 0 aromatic heterocycles. The number of benzene rings is 6. The number of hydrogen-bond acceptors (Lipinski definition) is 8. The number of fused-ring (bicyclic) bond motifs is 2. The smallest absolute Gasteiger partial charge is 0.326 e. The van der Waals surface area contributed by atoms with E-state index in [0.717, 1.165) is 38.9 Å². The van der Waals surface area contributed by atoms with Crippen LogP contribution in [-0.2, 0) is 46.9 Å². The minimum atomic E-state index is -1.20. The first-order chi connectivity index (χ1) is 30.0. The molecule has 6 aromatic rings. The maximum absolute atomic E-state index is 14.3. The number of hydrogen-bond donors (Lipinski definition) is 3. The number of nitrogens with zero attached hydrogens (tertiary/aromatic N) is 2. The third-order valence-corrected chi connectivity index (χ3v) is 11.8. The van der Waals surface area contributed by atoms with E-state index in [2.05, 4.69) is 16.7 Å². The molecular weight excluding hydrogens is 827 g/mol. The maximum atomic E-state index is 14.3. The molecule has 2 heterocycles. The molecule has 2 aliphatic heterocycles. The molecule has 0 fully saturated rings. The fourth-order valence-corrected chi connectivity index (χ4v) is 8.07. The van der Waals surface area contributed by atoms with Gasteiger partial charge in [0.1, 0.15) is 29.9 Å². The number of nitriles is 1. The van der Waals surface area contributed by atoms with Crippen molar-refractivity contribution in [3.05, 3.63) is 176 Å². The van der Waals surface area contributed by atoms with Gasteiger partial charge in [-0.1, -0.05) is 96.0 Å². The molecule has 2 aliphatic rings. The Balaban J connectivity index is 0.993. The van der Waals surface area contributed by atoms with Gasteiger partial charge in [0.2, 0.25) is 12.0 Å². The van der Waals surface area contributed by atoms with Crippen molar-refractivity contribution >= 4 is 46.7 Å². The van der Waals surface area contributed by atoms with Crippen molar-refractivity contribution in [1.29, 1.82) is 5.26 Å². The first kappa shape index (κ1) is 41.9. The van der Waals surface area contributed by atoms with E-state index in [1.165, 1.54) is 0 Å². The summed E-state index contributed by atoms with van der Waals surface area (Å²) in [6, 6.07) is 38.6. The molecule has 13 heteroatoms. The molecule has 0 saturated heterocycles. The predicted octanol–water partition coefficient (Wildman–Crippen LogP) is 8.93. The highest BCUT2D eigenvalue weighted by Crippen LogP contribution is 2.40. The van der Waals surface area contributed by atoms with Crippen molar-refractivity contribution in [3.8, 4) is 34.4 Å². The number of carboxylic acid groups (broad SMARTS) is 1. The number of anilines is 1. The topological polar surface area (TPSA) is 150 Å². The van der Waals surface area contributed by atoms with E-state index in [9.17, 15) is 19.5 Å². The molecule has 0 bridgehead atoms. The summed E-state index contributed by atoms with van der Waals surface area (Å²) in [5.74, 6) is -0.187. The Labute approximate surface area is 368 Å². The molecule has 3 N–H and O–H groups in total. The molecule has 0 radical (unpaired) electrons. The summed E-state index contributed by atoms with van der Waals surface area (Å²) in [7, 11) is 1.59. The zero-order valence-corrected chi connectivity index (χ0v) is 35.0. The van der Waals surface area contributed by atoms with E-state index in [-0.39, 0.29) is 25.4 Å². The van der Waals surface area contributed by atoms with Crippen LogP contribution in [0.4, 0.5) is 5.69 Å². The van der Waals surface area contributed by atoms with Gasteiger partial charge in [0.05, 0.1) is 40.5 Å². The molecule has 312 valence electrons. The fraction of sp³-hybridized carbons (Fsp3) is 0.184. The molecular formula is C49H40Cl2N4O7. The second kappa shape index (κ2) is 18.4. The number of aliphatic carboxylic acids is 1. The summed E-state index contributed by atoms with van der Waals surface area (Å²) >= 11 is 12.2. The lowest BCUT2D eigenvalue weighted by atomic mass is 9.91. The van der Waals surface area contributed by atoms with E-state index < -0.39 is 30.1 Å². The number of rotatable bonds is 13. The first-order valence-electron chi connectivity index (χ1n) is 19.8. The van der Waals surface area contributed by atoms with Gasteiger partial charge in [0.15, 0.2) is 0 Å². The Morgan fingerprint density at radius 1 is 0.903 bits per heavy atom. The van der Waals surface area contributed by atoms with Crippen LogP contribution in [0.1, 0.15) is 45.0 Å². The van der Waals surface area contributed by atoms with Crippen LogP contribution in [0.25, 0.3) is 11.1 Å². The number of carbonyl (C=O) groups is 3. The molecule has 0 spiro atoms. The zero-order valence-electron chi connectivity index (χ0n) is 33.4. The van der Waals surface area contributed by atoms with Crippen LogP contribution in [0.15, 0.2) is 127 Å². The van der Waals surface area contributed by atoms with Crippen LogP contribution in [-0.4, -0.2) is 47.0 Å². The maximum Gasteiger partial charge on any atom is 0.326 e. The average molecular weight is 868 g/mol. The van der Waals surface area contributed by atoms with Gasteiger partial charge in [-0.25, -0.2) is 4.79 Å². The normalized spacial score (nSPS) is 16.1. The largest absolute Gasteiger partial charge is 0.496 e. The molecule has 2 amide bonds. The van der Waals surface area contributed by atoms with Crippen LogP contribution < -0.4 is 24.8 Å². The van der Waals surface area contributed by atoms with Gasteiger partial charge < -0.3 is 30.0 Å². The second-order valence-electron chi connectivity index (χ2n) is 15.1. The number of nitrogens with one attached hydrogen (secondary N) is 2. The Kier molecular flexibility index (Phi) is 12.4. The molecule has 11 nitrogen and oxygen atoms in total. The van der Waals surface area contributed by atoms with Crippen molar-refractivity contribution in [2.45, 2.75) is 50.7 Å². The minimum absolute atomic E-state index is 0.0665. The van der Waals surface area contributed by atoms with Crippen LogP contribution in [0, 0.1) is 11.3 Å². The highest BCUT2D eigenvalue weighted by molar-refractivity contribution is 6.42. The van der Waals surface area contributed by atoms with Gasteiger partial charge in [-0.05, 0) is 94.4 Å². The lowest BCUT2D eigenvalue weighted by molar-refractivity contribution is -0.142. The van der Waals surface area contributed by atoms with Crippen LogP contribution in [0.3, 0.4) is 0 Å². The molecule has 8 rings (SSSR count). The standard InChI is InChI=1S/C49H40Cl2N4O7/c1-60-44-5-3-2-4-35(44)26-55-27-37-24-45-41(53-48(57)46(62-45)34-15-17-38(18-16-34)61-28-31-10-19-39(50)40(51)20-31)22-36(37)23-43(55)47(56)54-42(49(58)59)21-29-6-11-32(12-7-29)33-13-8-30(25-52)9-14-33/h2-20,22,24,42-43,46H,21,23,26-28H2,1H3,(H,53,57)(H,54,56)(H,58,59)/t42-,43?,46?/m0/s1. The third kappa shape index (κ3) is 9.38. The van der Waals surface area contributed by atoms with E-state index >= 15 is 0 Å². The van der Waals surface area contributed by atoms with Crippen molar-refractivity contribution in [2.75, 3.05) is 12.4 Å². The van der Waals surface area contributed by atoms with Crippen LogP contribution >= 0.6 is 23.2 Å². The molecule has 0 aliphatic carbocycles. The number of methoxy groups -OCH3 is 1. The fourth-order valence-electron chi connectivity index (χ4n) is 7.75. The van der Waals surface area contributed by atoms with Gasteiger partial charge in [-0.3, -0.25) is 14.5 Å². The monoisotopic (exact) mass is 866 g/mol. The lowest BCUT2D eigenvalue weighted by Crippen LogP contribution is -2.54. The van der Waals surface area contributed by atoms with Crippen LogP contribution in [0.2, 0.25) is 10.0 Å². The summed E-state index contributed by atoms with van der Waals surface area (Å²) in [6.45, 7) is 0.955. The number of ether oxygens (including phenoxy) is 3. The Morgan fingerprint density at radius 3 is 2.31 bits per heavy atom. The van der Waals surface area contributed by atoms with E-state index in [4.69, 9.17) is 42.7 Å². The number of amides is 2. The van der Waals surface area contributed by atoms with Crippen molar-refractivity contribution in [1.82, 2.24) is 10.2 Å². The molecule has 62 heavy (non-hydrogen) atoms. The SMILES string of the molecule is COc1ccccc1CN1Cc2cc3c(cc2CC1C(=O)N[C@@H](Cc1ccc(-c2ccc(C#N)cc2)cc1)C(=O)O)NC(=O)C(c1ccc(OCc2ccc(Cl)c(Cl)c2)cc1)O3. The highest BCUT2D eigenvalue weighted by atomic mass is 35.5. The van der Waals surface area contributed by atoms with Gasteiger partial charge in [0, 0.05) is 30.6 Å². The van der Waals surface area contributed by atoms with E-state index in [0.29, 0.717) is 57.2 Å². The first-order valence-corrected chi connectivity index (χ1v) is 20.6. The Morgan fingerprint density at radius 2 is 1.61 bits per heavy atom. The quantitative estimate of drug-likeness (QED) is 0.103. The Hall–Kier alpha value is -6.84. The number of para-hydroxylation sites is 1. The number of halogens is 2. The van der Waals surface area contributed by atoms with E-state index in [1.54, 1.807) is 55.6 Å². The molecule has 3 atom stereocenters. The van der Waals surface area contributed by atoms with Gasteiger partial charge in [0.25, 0.3) is 5.91 Å². The summed E-state index contributed by atoms with van der Waals surface area (Å²) in [6.07, 6.45) is -0.605. The van der Waals surface area contributed by atoms with Crippen molar-refractivity contribution in [3.63, 3.8) is 0 Å². The molecule has 0 saturated carbocycles. The van der Waals surface area contributed by atoms with Crippen molar-refractivity contribution < 1.29 is 33.7 Å². The summed E-state index contributed by atoms with van der Waals surface area (Å²) < 4.78 is 17.9. The average Bonchev–Trinajstić information content (AvgIpc) is 3.28. The number of carboxylic acids is 1. The lowest BCUT2D eigenvalue weighted by Gasteiger charge is -2.38. The summed E-state index contributed by atoms with van der Waals surface area (Å²) in [5, 5.41) is 26.2. The summed E-state index contributed by atoms with van der Waals surface area (Å²) in [5.41, 5.74) is 7.71. The van der Waals surface area contributed by atoms with Crippen LogP contribution in [0.5, 0.6) is 17.2 Å². The minimum Gasteiger partial charge on any atom is -0.496 e. The van der Waals surface area contributed by atoms with Crippen molar-refractivity contribution in [2.24, 2.45) is 0 Å². The van der Waals surface area contributed by atoms with E-state index in [1.807, 2.05) is 83.8 Å². The van der Waals surface area contributed by atoms with Gasteiger partial charge in [-0.2, -0.15) is 5.26 Å². The summed E-state index contributed by atoms with van der Waals surface area (Å²) in [4.78, 5) is 42.4. The number of carbonyl (C=O) groups excluding carboxylic acids is 2. The van der Waals surface area contributed by atoms with Gasteiger partial charge >= 0.3 is 5.97 Å².